The molecule has 176 valence electrons. The van der Waals surface area contributed by atoms with Crippen molar-refractivity contribution in [1.29, 1.82) is 0 Å². The number of hydrogen-bond donors (Lipinski definition) is 2. The fourth-order valence-electron chi connectivity index (χ4n) is 3.99. The number of benzene rings is 3. The van der Waals surface area contributed by atoms with E-state index >= 15 is 0 Å². The molecule has 34 heavy (non-hydrogen) atoms. The lowest BCUT2D eigenvalue weighted by atomic mass is 9.99. The second kappa shape index (κ2) is 9.52. The minimum Gasteiger partial charge on any atom is -0.332 e. The summed E-state index contributed by atoms with van der Waals surface area (Å²) >= 11 is 5.34. The number of ketones is 1. The number of Topliss-reactive ketones (excluding diaryl/α,β-unsaturated/α-hetero) is 1. The SMILES string of the molecule is CC(=O)c1cccc(NC(=S)Nc2ccc(S(=O)(=O)N3c4ccc(F)cc4CCC3C)cc2)c1. The summed E-state index contributed by atoms with van der Waals surface area (Å²) < 4.78 is 42.0. The predicted octanol–water partition coefficient (Wildman–Crippen LogP) is 5.37. The van der Waals surface area contributed by atoms with Crippen LogP contribution in [-0.4, -0.2) is 25.4 Å². The van der Waals surface area contributed by atoms with E-state index in [4.69, 9.17) is 12.2 Å². The molecule has 0 aliphatic carbocycles. The third-order valence-electron chi connectivity index (χ3n) is 5.71. The van der Waals surface area contributed by atoms with Gasteiger partial charge in [0.1, 0.15) is 5.82 Å². The van der Waals surface area contributed by atoms with Gasteiger partial charge in [-0.15, -0.1) is 0 Å². The van der Waals surface area contributed by atoms with Gasteiger partial charge < -0.3 is 10.6 Å². The summed E-state index contributed by atoms with van der Waals surface area (Å²) in [5.74, 6) is -0.422. The molecular weight excluding hydrogens is 473 g/mol. The Morgan fingerprint density at radius 3 is 2.44 bits per heavy atom. The molecule has 0 amide bonds. The van der Waals surface area contributed by atoms with Crippen LogP contribution in [0, 0.1) is 5.82 Å². The Morgan fingerprint density at radius 1 is 1.03 bits per heavy atom. The van der Waals surface area contributed by atoms with E-state index in [0.29, 0.717) is 46.1 Å². The number of halogens is 1. The lowest BCUT2D eigenvalue weighted by molar-refractivity contribution is 0.101. The second-order valence-electron chi connectivity index (χ2n) is 8.20. The smallest absolute Gasteiger partial charge is 0.264 e. The zero-order valence-electron chi connectivity index (χ0n) is 18.7. The molecule has 1 aliphatic heterocycles. The number of hydrogen-bond acceptors (Lipinski definition) is 4. The number of thiocarbonyl (C=S) groups is 1. The molecule has 1 unspecified atom stereocenters. The van der Waals surface area contributed by atoms with Gasteiger partial charge in [-0.05, 0) is 99.1 Å². The predicted molar refractivity (Wildman–Crippen MR) is 137 cm³/mol. The van der Waals surface area contributed by atoms with Gasteiger partial charge in [-0.3, -0.25) is 9.10 Å². The summed E-state index contributed by atoms with van der Waals surface area (Å²) in [6.45, 7) is 3.35. The first kappa shape index (κ1) is 23.8. The number of rotatable bonds is 5. The first-order valence-electron chi connectivity index (χ1n) is 10.8. The minimum absolute atomic E-state index is 0.0462. The van der Waals surface area contributed by atoms with Crippen LogP contribution in [0.25, 0.3) is 0 Å². The van der Waals surface area contributed by atoms with E-state index in [1.165, 1.54) is 41.6 Å². The molecule has 0 saturated carbocycles. The van der Waals surface area contributed by atoms with E-state index in [0.717, 1.165) is 0 Å². The summed E-state index contributed by atoms with van der Waals surface area (Å²) in [4.78, 5) is 11.7. The third-order valence-corrected chi connectivity index (χ3v) is 7.85. The van der Waals surface area contributed by atoms with Crippen molar-refractivity contribution in [2.24, 2.45) is 0 Å². The van der Waals surface area contributed by atoms with E-state index < -0.39 is 10.0 Å². The number of carbonyl (C=O) groups is 1. The Morgan fingerprint density at radius 2 is 1.74 bits per heavy atom. The summed E-state index contributed by atoms with van der Waals surface area (Å²) in [6, 6.07) is 17.2. The maximum atomic E-state index is 13.7. The van der Waals surface area contributed by atoms with Crippen molar-refractivity contribution in [2.75, 3.05) is 14.9 Å². The van der Waals surface area contributed by atoms with Crippen LogP contribution in [0.4, 0.5) is 21.5 Å². The molecule has 0 aromatic heterocycles. The van der Waals surface area contributed by atoms with Crippen molar-refractivity contribution in [2.45, 2.75) is 37.6 Å². The summed E-state index contributed by atoms with van der Waals surface area (Å²) in [6.07, 6.45) is 1.24. The van der Waals surface area contributed by atoms with E-state index in [-0.39, 0.29) is 22.5 Å². The van der Waals surface area contributed by atoms with Gasteiger partial charge in [-0.25, -0.2) is 12.8 Å². The first-order chi connectivity index (χ1) is 16.1. The van der Waals surface area contributed by atoms with Crippen molar-refractivity contribution in [3.05, 3.63) is 83.7 Å². The molecule has 4 rings (SSSR count). The molecule has 2 N–H and O–H groups in total. The zero-order valence-corrected chi connectivity index (χ0v) is 20.3. The topological polar surface area (TPSA) is 78.5 Å². The van der Waals surface area contributed by atoms with Crippen molar-refractivity contribution in [1.82, 2.24) is 0 Å². The number of sulfonamides is 1. The van der Waals surface area contributed by atoms with Gasteiger partial charge in [-0.2, -0.15) is 0 Å². The van der Waals surface area contributed by atoms with Gasteiger partial charge in [-0.1, -0.05) is 12.1 Å². The van der Waals surface area contributed by atoms with E-state index in [1.54, 1.807) is 36.4 Å². The maximum Gasteiger partial charge on any atom is 0.264 e. The molecule has 0 fully saturated rings. The molecule has 9 heteroatoms. The molecule has 0 saturated heterocycles. The highest BCUT2D eigenvalue weighted by Crippen LogP contribution is 2.36. The van der Waals surface area contributed by atoms with Crippen molar-refractivity contribution >= 4 is 50.2 Å². The highest BCUT2D eigenvalue weighted by atomic mass is 32.2. The molecule has 1 heterocycles. The minimum atomic E-state index is -3.84. The fraction of sp³-hybridized carbons (Fsp3) is 0.200. The number of fused-ring (bicyclic) bond motifs is 1. The highest BCUT2D eigenvalue weighted by molar-refractivity contribution is 7.92. The molecular formula is C25H24FN3O3S2. The summed E-state index contributed by atoms with van der Waals surface area (Å²) in [5.41, 5.74) is 3.04. The van der Waals surface area contributed by atoms with Gasteiger partial charge in [0.2, 0.25) is 0 Å². The van der Waals surface area contributed by atoms with Crippen molar-refractivity contribution in [3.8, 4) is 0 Å². The number of carbonyl (C=O) groups excluding carboxylic acids is 1. The van der Waals surface area contributed by atoms with Crippen molar-refractivity contribution in [3.63, 3.8) is 0 Å². The largest absolute Gasteiger partial charge is 0.332 e. The zero-order chi connectivity index (χ0) is 24.5. The first-order valence-corrected chi connectivity index (χ1v) is 12.6. The van der Waals surface area contributed by atoms with E-state index in [9.17, 15) is 17.6 Å². The summed E-state index contributed by atoms with van der Waals surface area (Å²) in [5, 5.41) is 6.33. The standard InChI is InChI=1S/C25H24FN3O3S2/c1-16-6-7-19-14-20(26)8-13-24(19)29(16)34(31,32)23-11-9-21(10-12-23)27-25(33)28-22-5-3-4-18(15-22)17(2)30/h3-5,8-16H,6-7H2,1-2H3,(H2,27,28,33). The Labute approximate surface area is 203 Å². The lowest BCUT2D eigenvalue weighted by Gasteiger charge is -2.36. The molecule has 3 aromatic rings. The van der Waals surface area contributed by atoms with Crippen LogP contribution in [0.2, 0.25) is 0 Å². The van der Waals surface area contributed by atoms with Crippen LogP contribution in [0.15, 0.2) is 71.6 Å². The molecule has 1 aliphatic rings. The molecule has 0 spiro atoms. The third kappa shape index (κ3) is 4.95. The van der Waals surface area contributed by atoms with Gasteiger partial charge >= 0.3 is 0 Å². The van der Waals surface area contributed by atoms with Gasteiger partial charge in [0, 0.05) is 23.0 Å². The normalized spacial score (nSPS) is 15.4. The summed E-state index contributed by atoms with van der Waals surface area (Å²) in [7, 11) is -3.84. The number of aryl methyl sites for hydroxylation is 1. The van der Waals surface area contributed by atoms with E-state index in [2.05, 4.69) is 10.6 Å². The van der Waals surface area contributed by atoms with Crippen LogP contribution in [0.5, 0.6) is 0 Å². The maximum absolute atomic E-state index is 13.7. The fourth-order valence-corrected chi connectivity index (χ4v) is 5.95. The van der Waals surface area contributed by atoms with Crippen LogP contribution in [0.3, 0.4) is 0 Å². The molecule has 3 aromatic carbocycles. The van der Waals surface area contributed by atoms with Crippen LogP contribution in [-0.2, 0) is 16.4 Å². The van der Waals surface area contributed by atoms with Gasteiger partial charge in [0.05, 0.1) is 10.6 Å². The quantitative estimate of drug-likeness (QED) is 0.365. The molecule has 6 nitrogen and oxygen atoms in total. The monoisotopic (exact) mass is 497 g/mol. The van der Waals surface area contributed by atoms with Crippen molar-refractivity contribution < 1.29 is 17.6 Å². The van der Waals surface area contributed by atoms with Crippen LogP contribution >= 0.6 is 12.2 Å². The lowest BCUT2D eigenvalue weighted by Crippen LogP contribution is -2.42. The Balaban J connectivity index is 1.51. The van der Waals surface area contributed by atoms with Gasteiger partial charge in [0.25, 0.3) is 10.0 Å². The average molecular weight is 498 g/mol. The average Bonchev–Trinajstić information content (AvgIpc) is 2.79. The van der Waals surface area contributed by atoms with Gasteiger partial charge in [0.15, 0.2) is 10.9 Å². The second-order valence-corrected chi connectivity index (χ2v) is 10.4. The molecule has 0 bridgehead atoms. The highest BCUT2D eigenvalue weighted by Gasteiger charge is 2.34. The number of nitrogens with one attached hydrogen (secondary N) is 2. The number of nitrogens with zero attached hydrogens (tertiary/aromatic N) is 1. The number of anilines is 3. The molecule has 1 atom stereocenters. The Bertz CT molecular complexity index is 1360. The Kier molecular flexibility index (Phi) is 6.67. The molecule has 0 radical (unpaired) electrons. The van der Waals surface area contributed by atoms with Crippen LogP contribution in [0.1, 0.15) is 36.2 Å². The van der Waals surface area contributed by atoms with E-state index in [1.807, 2.05) is 6.92 Å². The Hall–Kier alpha value is -3.30. The van der Waals surface area contributed by atoms with Crippen LogP contribution < -0.4 is 14.9 Å².